The van der Waals surface area contributed by atoms with E-state index in [-0.39, 0.29) is 17.8 Å². The van der Waals surface area contributed by atoms with Crippen molar-refractivity contribution in [2.45, 2.75) is 19.8 Å². The second-order valence-corrected chi connectivity index (χ2v) is 9.21. The van der Waals surface area contributed by atoms with E-state index in [9.17, 15) is 9.18 Å². The van der Waals surface area contributed by atoms with E-state index in [1.807, 2.05) is 36.1 Å². The minimum absolute atomic E-state index is 0.123. The number of fused-ring (bicyclic) bond motifs is 1. The number of urea groups is 1. The second-order valence-electron chi connectivity index (χ2n) is 8.78. The molecule has 1 saturated heterocycles. The lowest BCUT2D eigenvalue weighted by Gasteiger charge is -2.33. The molecule has 0 saturated carbocycles. The Labute approximate surface area is 206 Å². The molecule has 1 atom stereocenters. The number of carbonyl (C=O) groups excluding carboxylic acids is 1. The highest BCUT2D eigenvalue weighted by Crippen LogP contribution is 2.28. The molecule has 180 valence electrons. The molecule has 0 bridgehead atoms. The number of carbonyl (C=O) groups is 1. The van der Waals surface area contributed by atoms with Crippen LogP contribution in [-0.4, -0.2) is 50.5 Å². The van der Waals surface area contributed by atoms with Crippen molar-refractivity contribution >= 4 is 40.2 Å². The Bertz CT molecular complexity index is 1380. The van der Waals surface area contributed by atoms with Crippen molar-refractivity contribution in [1.29, 1.82) is 0 Å². The van der Waals surface area contributed by atoms with Gasteiger partial charge < -0.3 is 20.5 Å². The van der Waals surface area contributed by atoms with E-state index in [1.54, 1.807) is 18.5 Å². The predicted octanol–water partition coefficient (Wildman–Crippen LogP) is 5.48. The van der Waals surface area contributed by atoms with Gasteiger partial charge in [0, 0.05) is 48.7 Å². The molecule has 4 aromatic rings. The molecule has 0 aliphatic carbocycles. The molecule has 0 unspecified atom stereocenters. The van der Waals surface area contributed by atoms with E-state index < -0.39 is 5.82 Å². The number of aromatic amines is 1. The van der Waals surface area contributed by atoms with E-state index in [0.29, 0.717) is 41.7 Å². The van der Waals surface area contributed by atoms with Gasteiger partial charge in [-0.15, -0.1) is 0 Å². The summed E-state index contributed by atoms with van der Waals surface area (Å²) in [5, 5.41) is 7.35. The number of nitrogens with one attached hydrogen (secondary N) is 3. The van der Waals surface area contributed by atoms with Crippen molar-refractivity contribution in [3.8, 4) is 11.4 Å². The third-order valence-corrected chi connectivity index (χ3v) is 6.32. The van der Waals surface area contributed by atoms with Gasteiger partial charge in [0.15, 0.2) is 17.5 Å². The van der Waals surface area contributed by atoms with Crippen LogP contribution < -0.4 is 10.6 Å². The number of hydrogen-bond acceptors (Lipinski definition) is 5. The molecule has 8 nitrogen and oxygen atoms in total. The maximum Gasteiger partial charge on any atom is 0.321 e. The summed E-state index contributed by atoms with van der Waals surface area (Å²) in [7, 11) is 0. The molecule has 35 heavy (non-hydrogen) atoms. The monoisotopic (exact) mass is 493 g/mol. The third-order valence-electron chi connectivity index (χ3n) is 6.12. The molecule has 3 aromatic heterocycles. The minimum Gasteiger partial charge on any atom is -0.367 e. The van der Waals surface area contributed by atoms with Crippen LogP contribution in [-0.2, 0) is 0 Å². The normalized spacial score (nSPS) is 15.9. The van der Waals surface area contributed by atoms with Gasteiger partial charge in [0.2, 0.25) is 0 Å². The molecule has 5 rings (SSSR count). The number of aryl methyl sites for hydroxylation is 1. The van der Waals surface area contributed by atoms with E-state index in [2.05, 4.69) is 30.6 Å². The number of rotatable bonds is 5. The molecule has 1 aromatic carbocycles. The highest BCUT2D eigenvalue weighted by atomic mass is 35.5. The number of amides is 2. The maximum atomic E-state index is 14.5. The minimum atomic E-state index is -0.533. The van der Waals surface area contributed by atoms with E-state index in [4.69, 9.17) is 11.6 Å². The van der Waals surface area contributed by atoms with Crippen LogP contribution in [0.3, 0.4) is 0 Å². The van der Waals surface area contributed by atoms with Crippen LogP contribution in [0.2, 0.25) is 5.02 Å². The lowest BCUT2D eigenvalue weighted by atomic mass is 9.98. The predicted molar refractivity (Wildman–Crippen MR) is 135 cm³/mol. The molecular weight excluding hydrogens is 469 g/mol. The number of likely N-dealkylation sites (tertiary alicyclic amines) is 1. The van der Waals surface area contributed by atoms with Crippen LogP contribution >= 0.6 is 11.6 Å². The first-order valence-electron chi connectivity index (χ1n) is 11.5. The molecule has 3 N–H and O–H groups in total. The van der Waals surface area contributed by atoms with Gasteiger partial charge in [-0.2, -0.15) is 0 Å². The lowest BCUT2D eigenvalue weighted by Crippen LogP contribution is -2.44. The molecule has 1 aliphatic rings. The fraction of sp³-hybridized carbons (Fsp3) is 0.280. The molecule has 1 fully saturated rings. The maximum absolute atomic E-state index is 14.5. The van der Waals surface area contributed by atoms with Gasteiger partial charge in [0.05, 0.1) is 11.2 Å². The smallest absolute Gasteiger partial charge is 0.321 e. The zero-order valence-electron chi connectivity index (χ0n) is 19.2. The average Bonchev–Trinajstić information content (AvgIpc) is 3.27. The zero-order valence-corrected chi connectivity index (χ0v) is 19.9. The number of benzene rings is 1. The number of aromatic nitrogens is 4. The SMILES string of the molecule is Cc1cccc(NC(=O)N2CCC[C@H](CNc3nc(-c4c[nH]c5ncc(Cl)cc45)ncc3F)C2)c1. The van der Waals surface area contributed by atoms with E-state index in [1.165, 1.54) is 0 Å². The molecular formula is C25H25ClFN7O. The number of hydrogen-bond donors (Lipinski definition) is 3. The first-order valence-corrected chi connectivity index (χ1v) is 11.9. The summed E-state index contributed by atoms with van der Waals surface area (Å²) in [4.78, 5) is 30.4. The summed E-state index contributed by atoms with van der Waals surface area (Å²) in [6.07, 6.45) is 6.26. The van der Waals surface area contributed by atoms with Crippen LogP contribution in [0.15, 0.2) is 48.9 Å². The summed E-state index contributed by atoms with van der Waals surface area (Å²) in [5.74, 6) is 0.128. The van der Waals surface area contributed by atoms with Gasteiger partial charge in [0.25, 0.3) is 0 Å². The van der Waals surface area contributed by atoms with Gasteiger partial charge in [-0.3, -0.25) is 0 Å². The first kappa shape index (κ1) is 23.0. The van der Waals surface area contributed by atoms with Crippen LogP contribution in [0, 0.1) is 18.7 Å². The van der Waals surface area contributed by atoms with Gasteiger partial charge >= 0.3 is 6.03 Å². The topological polar surface area (TPSA) is 98.8 Å². The van der Waals surface area contributed by atoms with Crippen LogP contribution in [0.5, 0.6) is 0 Å². The highest BCUT2D eigenvalue weighted by Gasteiger charge is 2.24. The Morgan fingerprint density at radius 2 is 2.17 bits per heavy atom. The second kappa shape index (κ2) is 9.87. The number of anilines is 2. The summed E-state index contributed by atoms with van der Waals surface area (Å²) in [5.41, 5.74) is 3.20. The number of pyridine rings is 1. The molecule has 2 amide bonds. The fourth-order valence-electron chi connectivity index (χ4n) is 4.37. The van der Waals surface area contributed by atoms with Crippen molar-refractivity contribution in [2.24, 2.45) is 5.92 Å². The van der Waals surface area contributed by atoms with Crippen LogP contribution in [0.25, 0.3) is 22.4 Å². The number of piperidine rings is 1. The van der Waals surface area contributed by atoms with Gasteiger partial charge in [-0.1, -0.05) is 23.7 Å². The van der Waals surface area contributed by atoms with Crippen molar-refractivity contribution in [1.82, 2.24) is 24.8 Å². The van der Waals surface area contributed by atoms with Gasteiger partial charge in [-0.05, 0) is 49.4 Å². The summed E-state index contributed by atoms with van der Waals surface area (Å²) < 4.78 is 14.5. The highest BCUT2D eigenvalue weighted by molar-refractivity contribution is 6.31. The first-order chi connectivity index (χ1) is 17.0. The quantitative estimate of drug-likeness (QED) is 0.342. The van der Waals surface area contributed by atoms with Gasteiger partial charge in [0.1, 0.15) is 5.65 Å². The van der Waals surface area contributed by atoms with Crippen LogP contribution in [0.1, 0.15) is 18.4 Å². The van der Waals surface area contributed by atoms with Crippen LogP contribution in [0.4, 0.5) is 20.7 Å². The van der Waals surface area contributed by atoms with E-state index in [0.717, 1.165) is 35.7 Å². The Morgan fingerprint density at radius 1 is 1.29 bits per heavy atom. The number of H-pyrrole nitrogens is 1. The Kier molecular flexibility index (Phi) is 6.50. The molecule has 1 aliphatic heterocycles. The summed E-state index contributed by atoms with van der Waals surface area (Å²) in [6, 6.07) is 9.37. The average molecular weight is 494 g/mol. The largest absolute Gasteiger partial charge is 0.367 e. The van der Waals surface area contributed by atoms with E-state index >= 15 is 0 Å². The fourth-order valence-corrected chi connectivity index (χ4v) is 4.52. The zero-order chi connectivity index (χ0) is 24.4. The number of halogens is 2. The van der Waals surface area contributed by atoms with Crippen molar-refractivity contribution in [2.75, 3.05) is 30.3 Å². The van der Waals surface area contributed by atoms with Crippen molar-refractivity contribution < 1.29 is 9.18 Å². The Hall–Kier alpha value is -3.72. The standard InChI is InChI=1S/C25H25ClFN7O/c1-15-4-2-6-18(8-15)32-25(35)34-7-3-5-16(14-34)10-28-24-21(27)13-31-23(33-24)20-12-30-22-19(20)9-17(26)11-29-22/h2,4,6,8-9,11-13,16H,3,5,7,10,14H2,1H3,(H,29,30)(H,32,35)(H,28,31,33)/t16-/m1/s1. The van der Waals surface area contributed by atoms with Crippen molar-refractivity contribution in [3.05, 3.63) is 65.3 Å². The molecule has 10 heteroatoms. The summed E-state index contributed by atoms with van der Waals surface area (Å²) >= 11 is 6.09. The summed E-state index contributed by atoms with van der Waals surface area (Å²) in [6.45, 7) is 3.75. The number of nitrogens with zero attached hydrogens (tertiary/aromatic N) is 4. The lowest BCUT2D eigenvalue weighted by molar-refractivity contribution is 0.180. The Morgan fingerprint density at radius 3 is 3.03 bits per heavy atom. The van der Waals surface area contributed by atoms with Gasteiger partial charge in [-0.25, -0.2) is 24.1 Å². The third kappa shape index (κ3) is 5.19. The molecule has 0 spiro atoms. The Balaban J connectivity index is 1.25. The van der Waals surface area contributed by atoms with Crippen molar-refractivity contribution in [3.63, 3.8) is 0 Å². The molecule has 0 radical (unpaired) electrons. The molecule has 4 heterocycles.